The number of aliphatic hydroxyl groups is 1. The minimum absolute atomic E-state index is 0.0102. The molecule has 1 aromatic carbocycles. The lowest BCUT2D eigenvalue weighted by Crippen LogP contribution is -2.63. The highest BCUT2D eigenvalue weighted by Crippen LogP contribution is 2.26. The van der Waals surface area contributed by atoms with Crippen LogP contribution in [0.3, 0.4) is 0 Å². The average Bonchev–Trinajstić information content (AvgIpc) is 0.874. The number of rotatable bonds is 16. The third kappa shape index (κ3) is 22.2. The van der Waals surface area contributed by atoms with Gasteiger partial charge in [0.1, 0.15) is 60.4 Å². The third-order valence-corrected chi connectivity index (χ3v) is 17.0. The lowest BCUT2D eigenvalue weighted by atomic mass is 9.91. The van der Waals surface area contributed by atoms with Gasteiger partial charge in [0.05, 0.1) is 12.6 Å². The summed E-state index contributed by atoms with van der Waals surface area (Å²) in [6, 6.07) is -3.00. The van der Waals surface area contributed by atoms with E-state index in [1.54, 1.807) is 41.5 Å². The number of aliphatic hydroxyl groups excluding tert-OH is 1. The molecule has 11 amide bonds. The summed E-state index contributed by atoms with van der Waals surface area (Å²) in [4.78, 5) is 170. The van der Waals surface area contributed by atoms with E-state index in [1.807, 2.05) is 97.9 Å². The van der Waals surface area contributed by atoms with Gasteiger partial charge in [-0.2, -0.15) is 0 Å². The highest BCUT2D eigenvalue weighted by atomic mass is 16.3. The second-order valence-electron chi connectivity index (χ2n) is 27.3. The second kappa shape index (κ2) is 36.2. The van der Waals surface area contributed by atoms with Crippen molar-refractivity contribution in [3.8, 4) is 0 Å². The molecule has 0 bridgehead atoms. The Hall–Kier alpha value is -6.91. The van der Waals surface area contributed by atoms with Crippen LogP contribution in [0.5, 0.6) is 0 Å². The van der Waals surface area contributed by atoms with Crippen LogP contribution in [0.15, 0.2) is 36.4 Å². The molecule has 12 atom stereocenters. The lowest BCUT2D eigenvalue weighted by molar-refractivity contribution is -0.157. The van der Waals surface area contributed by atoms with Crippen molar-refractivity contribution < 1.29 is 57.8 Å². The monoisotopic (exact) mass is 1260 g/mol. The summed E-state index contributed by atoms with van der Waals surface area (Å²) in [5.74, 6) is -9.88. The average molecular weight is 1260 g/mol. The Balaban J connectivity index is 2.99. The van der Waals surface area contributed by atoms with Gasteiger partial charge in [-0.15, -0.1) is 0 Å². The van der Waals surface area contributed by atoms with Gasteiger partial charge in [0, 0.05) is 49.3 Å². The van der Waals surface area contributed by atoms with Crippen molar-refractivity contribution >= 4 is 71.1 Å². The van der Waals surface area contributed by atoms with Crippen LogP contribution in [0.25, 0.3) is 6.08 Å². The molecule has 0 aromatic heterocycles. The number of amides is 11. The van der Waals surface area contributed by atoms with E-state index in [2.05, 4.69) is 21.3 Å². The van der Waals surface area contributed by atoms with Gasteiger partial charge in [0.25, 0.3) is 0 Å². The summed E-state index contributed by atoms with van der Waals surface area (Å²) in [5.41, 5.74) is 0.896. The number of hydrogen-bond donors (Lipinski definition) is 5. The number of benzene rings is 1. The van der Waals surface area contributed by atoms with Gasteiger partial charge >= 0.3 is 0 Å². The molecular weight excluding hydrogens is 1150 g/mol. The number of carbonyl (C=O) groups is 11. The largest absolute Gasteiger partial charge is 0.390 e. The third-order valence-electron chi connectivity index (χ3n) is 17.0. The molecule has 1 heterocycles. The van der Waals surface area contributed by atoms with Gasteiger partial charge in [-0.25, -0.2) is 0 Å². The molecule has 2 rings (SSSR count). The van der Waals surface area contributed by atoms with Crippen LogP contribution in [0.1, 0.15) is 155 Å². The van der Waals surface area contributed by atoms with Crippen LogP contribution in [0.4, 0.5) is 0 Å². The minimum atomic E-state index is -1.65. The van der Waals surface area contributed by atoms with E-state index in [0.717, 1.165) is 15.4 Å². The van der Waals surface area contributed by atoms with Crippen molar-refractivity contribution in [3.05, 3.63) is 42.0 Å². The molecule has 0 aliphatic carbocycles. The molecule has 23 heteroatoms. The van der Waals surface area contributed by atoms with Gasteiger partial charge in [-0.3, -0.25) is 52.7 Å². The molecule has 0 saturated carbocycles. The molecule has 1 aromatic rings. The zero-order valence-electron chi connectivity index (χ0n) is 58.5. The van der Waals surface area contributed by atoms with Gasteiger partial charge in [0.2, 0.25) is 65.0 Å². The Labute approximate surface area is 537 Å². The fraction of sp³-hybridized carbons (Fsp3) is 0.716. The van der Waals surface area contributed by atoms with Crippen LogP contribution in [0.2, 0.25) is 0 Å². The summed E-state index contributed by atoms with van der Waals surface area (Å²) in [6.07, 6.45) is 3.02. The Morgan fingerprint density at radius 3 is 1.38 bits per heavy atom. The van der Waals surface area contributed by atoms with E-state index in [1.165, 1.54) is 87.7 Å². The van der Waals surface area contributed by atoms with Gasteiger partial charge in [0.15, 0.2) is 0 Å². The predicted molar refractivity (Wildman–Crippen MR) is 349 cm³/mol. The van der Waals surface area contributed by atoms with E-state index in [0.29, 0.717) is 0 Å². The summed E-state index contributed by atoms with van der Waals surface area (Å²) < 4.78 is 0. The SMILES string of the molecule is CC[C@@H]1NC(=O)[C@H]([C@H](O)[C@H](C)C/C=C/c2ccccc2)N(C)C(=O)[C@H](C(C)C)N(C)C(=O)[C@H](CC(C)C)N(C)C(=O)[C@H](CC(C)C)N(C)C(=O)[C@@H](C)NC(=O)[C@H](C)NC(=O)[C@H](CC(C)C)N(C)C(=O)[C@H](C(C)C)NC(=O)[C@H](CC(C)C)N(C)C(=O)CN(C)C1=O. The number of carbonyl (C=O) groups excluding carboxylic acids is 11. The molecule has 90 heavy (non-hydrogen) atoms. The zero-order valence-corrected chi connectivity index (χ0v) is 58.5. The predicted octanol–water partition coefficient (Wildman–Crippen LogP) is 4.41. The highest BCUT2D eigenvalue weighted by molar-refractivity contribution is 5.99. The number of allylic oxidation sites excluding steroid dienone is 1. The van der Waals surface area contributed by atoms with Crippen molar-refractivity contribution in [2.45, 2.75) is 216 Å². The fourth-order valence-electron chi connectivity index (χ4n) is 11.3. The van der Waals surface area contributed by atoms with Crippen molar-refractivity contribution in [3.63, 3.8) is 0 Å². The molecule has 1 aliphatic heterocycles. The van der Waals surface area contributed by atoms with Crippen LogP contribution in [-0.4, -0.2) is 227 Å². The first-order valence-corrected chi connectivity index (χ1v) is 32.2. The first-order valence-electron chi connectivity index (χ1n) is 32.2. The van der Waals surface area contributed by atoms with Crippen molar-refractivity contribution in [2.24, 2.45) is 41.4 Å². The van der Waals surface area contributed by atoms with E-state index in [-0.39, 0.29) is 62.2 Å². The molecule has 1 fully saturated rings. The first kappa shape index (κ1) is 79.2. The van der Waals surface area contributed by atoms with Gasteiger partial charge < -0.3 is 60.7 Å². The van der Waals surface area contributed by atoms with Crippen LogP contribution in [0, 0.1) is 41.4 Å². The van der Waals surface area contributed by atoms with E-state index in [4.69, 9.17) is 0 Å². The van der Waals surface area contributed by atoms with Crippen LogP contribution < -0.4 is 21.3 Å². The van der Waals surface area contributed by atoms with Crippen LogP contribution >= 0.6 is 0 Å². The Kier molecular flexibility index (Phi) is 31.9. The second-order valence-corrected chi connectivity index (χ2v) is 27.3. The van der Waals surface area contributed by atoms with Crippen molar-refractivity contribution in [1.82, 2.24) is 55.6 Å². The van der Waals surface area contributed by atoms with Crippen molar-refractivity contribution in [2.75, 3.05) is 55.9 Å². The molecule has 0 spiro atoms. The molecular formula is C67H113N11O12. The standard InChI is InChI=1S/C67H113N11O12/c1-24-48-63(86)72(17)37-53(79)73(18)49(33-38(2)3)60(83)71-54(42(10)11)66(89)74(19)50(34-39(4)5)59(82)68-45(15)58(81)69-46(16)62(85)75(20)51(35-40(6)7)64(87)76(21)52(36-41(8)9)65(88)77(22)55(43(12)13)67(90)78(23)56(61(84)70-48)57(80)44(14)29-28-32-47-30-26-25-27-31-47/h25-28,30-32,38-46,48-52,54-57,80H,24,29,33-37H2,1-23H3,(H,68,82)(H,69,81)(H,70,84)(H,71,83)/b32-28+/t44-,45+,46-,48+,49+,50+,51+,52+,54+,55+,56+,57-/m1/s1. The maximum Gasteiger partial charge on any atom is 0.246 e. The molecule has 0 radical (unpaired) electrons. The smallest absolute Gasteiger partial charge is 0.246 e. The van der Waals surface area contributed by atoms with Gasteiger partial charge in [-0.05, 0) is 99.4 Å². The summed E-state index contributed by atoms with van der Waals surface area (Å²) in [5, 5.41) is 23.4. The topological polar surface area (TPSA) is 279 Å². The highest BCUT2D eigenvalue weighted by Gasteiger charge is 2.46. The Bertz CT molecular complexity index is 2630. The molecule has 23 nitrogen and oxygen atoms in total. The number of likely N-dealkylation sites (N-methyl/N-ethyl adjacent to an activating group) is 7. The van der Waals surface area contributed by atoms with Crippen molar-refractivity contribution in [1.29, 1.82) is 0 Å². The maximum absolute atomic E-state index is 15.3. The van der Waals surface area contributed by atoms with Gasteiger partial charge in [-0.1, -0.05) is 139 Å². The van der Waals surface area contributed by atoms with E-state index < -0.39 is 156 Å². The maximum atomic E-state index is 15.3. The molecule has 0 unspecified atom stereocenters. The summed E-state index contributed by atoms with van der Waals surface area (Å²) in [7, 11) is 9.93. The number of nitrogens with one attached hydrogen (secondary N) is 4. The van der Waals surface area contributed by atoms with E-state index >= 15 is 19.2 Å². The normalized spacial score (nSPS) is 26.0. The first-order chi connectivity index (χ1) is 41.7. The molecule has 1 saturated heterocycles. The lowest BCUT2D eigenvalue weighted by Gasteiger charge is -2.41. The minimum Gasteiger partial charge on any atom is -0.390 e. The Morgan fingerprint density at radius 2 is 0.900 bits per heavy atom. The number of hydrogen-bond acceptors (Lipinski definition) is 12. The molecule has 5 N–H and O–H groups in total. The Morgan fingerprint density at radius 1 is 0.467 bits per heavy atom. The summed E-state index contributed by atoms with van der Waals surface area (Å²) >= 11 is 0. The quantitative estimate of drug-likeness (QED) is 0.154. The molecule has 508 valence electrons. The zero-order chi connectivity index (χ0) is 69.1. The number of nitrogens with zero attached hydrogens (tertiary/aromatic N) is 7. The molecule has 1 aliphatic rings. The summed E-state index contributed by atoms with van der Waals surface area (Å²) in [6.45, 7) is 27.5. The fourth-order valence-corrected chi connectivity index (χ4v) is 11.3. The van der Waals surface area contributed by atoms with Crippen LogP contribution in [-0.2, 0) is 52.7 Å². The van der Waals surface area contributed by atoms with E-state index in [9.17, 15) is 38.7 Å².